The predicted molar refractivity (Wildman–Crippen MR) is 101 cm³/mol. The van der Waals surface area contributed by atoms with Gasteiger partial charge in [0.2, 0.25) is 11.8 Å². The van der Waals surface area contributed by atoms with Gasteiger partial charge in [0.25, 0.3) is 0 Å². The van der Waals surface area contributed by atoms with Crippen molar-refractivity contribution in [3.8, 4) is 5.75 Å². The summed E-state index contributed by atoms with van der Waals surface area (Å²) >= 11 is 2.57. The number of amides is 1. The SMILES string of the molecule is COc1cc(Br)ccc1/C=C1/N[SH](CCCCCCC(=O)NO)OO1. The van der Waals surface area contributed by atoms with Crippen LogP contribution < -0.4 is 14.9 Å². The molecular formula is C16H23BrN2O5S. The molecule has 140 valence electrons. The highest BCUT2D eigenvalue weighted by Gasteiger charge is 2.18. The summed E-state index contributed by atoms with van der Waals surface area (Å²) in [5.74, 6) is 1.86. The second kappa shape index (κ2) is 10.5. The molecule has 1 aliphatic heterocycles. The molecule has 25 heavy (non-hydrogen) atoms. The normalized spacial score (nSPS) is 19.3. The van der Waals surface area contributed by atoms with Gasteiger partial charge in [-0.2, -0.15) is 0 Å². The molecule has 1 heterocycles. The summed E-state index contributed by atoms with van der Waals surface area (Å²) in [6.45, 7) is 0. The van der Waals surface area contributed by atoms with Gasteiger partial charge in [-0.1, -0.05) is 28.8 Å². The van der Waals surface area contributed by atoms with E-state index in [0.29, 0.717) is 12.3 Å². The van der Waals surface area contributed by atoms with Crippen molar-refractivity contribution in [2.45, 2.75) is 32.1 Å². The maximum Gasteiger partial charge on any atom is 0.243 e. The van der Waals surface area contributed by atoms with Gasteiger partial charge in [-0.25, -0.2) is 5.48 Å². The van der Waals surface area contributed by atoms with Crippen LogP contribution >= 0.6 is 27.3 Å². The van der Waals surface area contributed by atoms with Crippen molar-refractivity contribution in [3.05, 3.63) is 34.1 Å². The topological polar surface area (TPSA) is 89.1 Å². The second-order valence-electron chi connectivity index (χ2n) is 5.47. The summed E-state index contributed by atoms with van der Waals surface area (Å²) in [4.78, 5) is 16.1. The molecular weight excluding hydrogens is 412 g/mol. The zero-order valence-electron chi connectivity index (χ0n) is 14.0. The van der Waals surface area contributed by atoms with E-state index >= 15 is 0 Å². The van der Waals surface area contributed by atoms with Crippen LogP contribution in [0.25, 0.3) is 6.08 Å². The molecule has 1 atom stereocenters. The Kier molecular flexibility index (Phi) is 8.39. The van der Waals surface area contributed by atoms with Gasteiger partial charge in [-0.05, 0) is 42.4 Å². The highest BCUT2D eigenvalue weighted by molar-refractivity contribution is 9.10. The summed E-state index contributed by atoms with van der Waals surface area (Å²) in [5, 5.41) is 8.41. The van der Waals surface area contributed by atoms with Gasteiger partial charge in [0.15, 0.2) is 0 Å². The minimum atomic E-state index is -0.847. The number of halogens is 1. The predicted octanol–water partition coefficient (Wildman–Crippen LogP) is 3.59. The van der Waals surface area contributed by atoms with Crippen LogP contribution in [0.5, 0.6) is 5.75 Å². The van der Waals surface area contributed by atoms with E-state index in [0.717, 1.165) is 47.2 Å². The monoisotopic (exact) mass is 434 g/mol. The Balaban J connectivity index is 1.72. The largest absolute Gasteiger partial charge is 0.496 e. The van der Waals surface area contributed by atoms with Crippen molar-refractivity contribution in [1.29, 1.82) is 0 Å². The average molecular weight is 435 g/mol. The molecule has 1 amide bonds. The third-order valence-corrected chi connectivity index (χ3v) is 5.51. The number of ether oxygens (including phenoxy) is 1. The van der Waals surface area contributed by atoms with E-state index in [9.17, 15) is 4.79 Å². The van der Waals surface area contributed by atoms with E-state index in [2.05, 4.69) is 20.7 Å². The molecule has 1 aliphatic rings. The van der Waals surface area contributed by atoms with Crippen LogP contribution in [0, 0.1) is 0 Å². The standard InChI is InChI=1S/C16H23BrN2O5S/c1-22-14-11-13(17)8-7-12(14)10-16-19-25(24-23-16)9-5-3-2-4-6-15(20)18-21/h7-8,10-11,19,21,25H,2-6,9H2,1H3,(H,18,20)/b16-10-. The molecule has 0 bridgehead atoms. The minimum absolute atomic E-state index is 0.336. The number of rotatable bonds is 9. The second-order valence-corrected chi connectivity index (χ2v) is 7.96. The molecule has 0 aliphatic carbocycles. The van der Waals surface area contributed by atoms with Gasteiger partial charge in [0, 0.05) is 28.3 Å². The first-order chi connectivity index (χ1) is 12.1. The Bertz CT molecular complexity index is 614. The van der Waals surface area contributed by atoms with Crippen molar-refractivity contribution in [2.75, 3.05) is 12.9 Å². The summed E-state index contributed by atoms with van der Waals surface area (Å²) in [7, 11) is 1.63. The summed E-state index contributed by atoms with van der Waals surface area (Å²) in [6, 6.07) is 5.76. The van der Waals surface area contributed by atoms with Crippen LogP contribution in [0.2, 0.25) is 0 Å². The van der Waals surface area contributed by atoms with Crippen LogP contribution in [-0.2, 0) is 14.0 Å². The Morgan fingerprint density at radius 3 is 2.96 bits per heavy atom. The first kappa shape index (κ1) is 19.9. The Morgan fingerprint density at radius 1 is 1.40 bits per heavy atom. The van der Waals surface area contributed by atoms with Crippen LogP contribution in [0.15, 0.2) is 28.6 Å². The van der Waals surface area contributed by atoms with Crippen LogP contribution in [-0.4, -0.2) is 24.0 Å². The van der Waals surface area contributed by atoms with Crippen LogP contribution in [0.3, 0.4) is 0 Å². The molecule has 1 fully saturated rings. The van der Waals surface area contributed by atoms with E-state index < -0.39 is 11.4 Å². The van der Waals surface area contributed by atoms with Crippen molar-refractivity contribution in [3.63, 3.8) is 0 Å². The molecule has 1 aromatic rings. The Morgan fingerprint density at radius 2 is 2.20 bits per heavy atom. The summed E-state index contributed by atoms with van der Waals surface area (Å²) in [5.41, 5.74) is 2.54. The number of carbonyl (C=O) groups is 1. The van der Waals surface area contributed by atoms with E-state index in [1.807, 2.05) is 24.3 Å². The number of benzene rings is 1. The van der Waals surface area contributed by atoms with Gasteiger partial charge in [-0.15, -0.1) is 4.33 Å². The number of unbranched alkanes of at least 4 members (excludes halogenated alkanes) is 3. The smallest absolute Gasteiger partial charge is 0.243 e. The van der Waals surface area contributed by atoms with Gasteiger partial charge in [0.1, 0.15) is 5.75 Å². The number of nitrogens with one attached hydrogen (secondary N) is 2. The fourth-order valence-electron chi connectivity index (χ4n) is 2.29. The van der Waals surface area contributed by atoms with Crippen molar-refractivity contribution in [2.24, 2.45) is 0 Å². The van der Waals surface area contributed by atoms with Gasteiger partial charge < -0.3 is 9.62 Å². The molecule has 0 spiro atoms. The van der Waals surface area contributed by atoms with Crippen molar-refractivity contribution in [1.82, 2.24) is 10.2 Å². The molecule has 1 unspecified atom stereocenters. The molecule has 0 aromatic heterocycles. The highest BCUT2D eigenvalue weighted by atomic mass is 79.9. The first-order valence-electron chi connectivity index (χ1n) is 7.99. The molecule has 0 saturated carbocycles. The number of methoxy groups -OCH3 is 1. The molecule has 1 aromatic carbocycles. The molecule has 0 radical (unpaired) electrons. The van der Waals surface area contributed by atoms with Gasteiger partial charge in [-0.3, -0.25) is 14.7 Å². The maximum atomic E-state index is 10.9. The van der Waals surface area contributed by atoms with E-state index in [-0.39, 0.29) is 5.91 Å². The quantitative estimate of drug-likeness (QED) is 0.156. The minimum Gasteiger partial charge on any atom is -0.496 e. The summed E-state index contributed by atoms with van der Waals surface area (Å²) in [6.07, 6.45) is 5.89. The lowest BCUT2D eigenvalue weighted by molar-refractivity contribution is -0.135. The molecule has 7 nitrogen and oxygen atoms in total. The average Bonchev–Trinajstić information content (AvgIpc) is 3.06. The lowest BCUT2D eigenvalue weighted by Crippen LogP contribution is -2.17. The number of hydroxylamine groups is 1. The Hall–Kier alpha value is -1.42. The lowest BCUT2D eigenvalue weighted by atomic mass is 10.1. The highest BCUT2D eigenvalue weighted by Crippen LogP contribution is 2.35. The fourth-order valence-corrected chi connectivity index (χ4v) is 3.88. The van der Waals surface area contributed by atoms with Crippen LogP contribution in [0.1, 0.15) is 37.7 Å². The van der Waals surface area contributed by atoms with Crippen LogP contribution in [0.4, 0.5) is 0 Å². The zero-order chi connectivity index (χ0) is 18.1. The lowest BCUT2D eigenvalue weighted by Gasteiger charge is -2.09. The summed E-state index contributed by atoms with van der Waals surface area (Å²) < 4.78 is 14.9. The molecule has 1 saturated heterocycles. The van der Waals surface area contributed by atoms with E-state index in [4.69, 9.17) is 19.2 Å². The zero-order valence-corrected chi connectivity index (χ0v) is 16.4. The Labute approximate surface area is 158 Å². The number of thiol groups is 1. The fraction of sp³-hybridized carbons (Fsp3) is 0.438. The number of hydrogen-bond donors (Lipinski definition) is 4. The van der Waals surface area contributed by atoms with E-state index in [1.165, 1.54) is 0 Å². The molecule has 3 N–H and O–H groups in total. The maximum absolute atomic E-state index is 10.9. The van der Waals surface area contributed by atoms with Gasteiger partial charge in [0.05, 0.1) is 7.11 Å². The number of carbonyl (C=O) groups excluding carboxylic acids is 1. The number of hydrogen-bond acceptors (Lipinski definition) is 6. The third-order valence-electron chi connectivity index (χ3n) is 3.57. The molecule has 2 rings (SSSR count). The van der Waals surface area contributed by atoms with Crippen molar-refractivity contribution >= 4 is 39.3 Å². The molecule has 9 heteroatoms. The van der Waals surface area contributed by atoms with Crippen molar-refractivity contribution < 1.29 is 24.0 Å². The van der Waals surface area contributed by atoms with Gasteiger partial charge >= 0.3 is 0 Å². The third kappa shape index (κ3) is 6.77. The first-order valence-corrected chi connectivity index (χ1v) is 10.2. The van der Waals surface area contributed by atoms with E-state index in [1.54, 1.807) is 12.6 Å².